The highest BCUT2D eigenvalue weighted by atomic mass is 16.8. The maximum absolute atomic E-state index is 12.9. The maximum Gasteiger partial charge on any atom is 0.217 e. The Hall–Kier alpha value is -3.48. The molecule has 24 N–H and O–H groups in total. The molecule has 0 saturated carbocycles. The predicted molar refractivity (Wildman–Crippen MR) is 290 cm³/mol. The first-order valence-electron chi connectivity index (χ1n) is 29.8. The highest BCUT2D eigenvalue weighted by molar-refractivity contribution is 5.74. The molecule has 7 rings (SSSR count). The lowest BCUT2D eigenvalue weighted by Gasteiger charge is -2.50. The van der Waals surface area contributed by atoms with Crippen molar-refractivity contribution in [3.63, 3.8) is 0 Å². The monoisotopic (exact) mass is 1380 g/mol. The van der Waals surface area contributed by atoms with Crippen molar-refractivity contribution in [3.05, 3.63) is 0 Å². The van der Waals surface area contributed by atoms with Crippen LogP contribution in [0.2, 0.25) is 0 Å². The Morgan fingerprint density at radius 1 is 0.351 bits per heavy atom. The second kappa shape index (κ2) is 35.0. The topological polar surface area (TPSA) is 650 Å². The molecule has 544 valence electrons. The van der Waals surface area contributed by atoms with Gasteiger partial charge in [0.2, 0.25) is 24.1 Å². The van der Waals surface area contributed by atoms with Crippen LogP contribution in [0.4, 0.5) is 0 Å². The molecule has 0 aromatic carbocycles. The van der Waals surface area contributed by atoms with Gasteiger partial charge in [-0.15, -0.1) is 0 Å². The lowest BCUT2D eigenvalue weighted by molar-refractivity contribution is -0.382. The van der Waals surface area contributed by atoms with E-state index >= 15 is 0 Å². The second-order valence-corrected chi connectivity index (χ2v) is 23.3. The fourth-order valence-electron chi connectivity index (χ4n) is 11.7. The molecule has 42 heteroatoms. The molecule has 0 spiro atoms. The van der Waals surface area contributed by atoms with Crippen LogP contribution in [0.3, 0.4) is 0 Å². The Balaban J connectivity index is 1.09. The standard InChI is InChI=1S/C52H88N4O38/c1-14(65)54-25-34(74)28(68)18(5-58)84-47(25)93-44-32(72)22(9-62)87-52(40(44)80)92-42-26(55-15(2)66)46(83-19(6-59)30(42)70)82-12-24-29(69)35(75)37(77)50(89-24)91-43-27(56-16(3)67)48(85-20(7-60)31(43)71)94-45-33(73)21(8-61)86-51(39(45)79)90-41-23(10-63)88-49(38(78)36(41)76)81-11-17(4-57)53-13-64/h13,17-52,57-63,68-80H,4-12H2,1-3H3,(H,53,64)(H,54,65)(H,55,66)(H,56,67)/t17-,18-,19-,20-,21-,22-,23-,24-,25-,26-,27-,28+,29+,30-,31-,32+,33+,34-,35+,36-,37-,38-,39-,40-,41-,42-,43-,44+,45+,46-,47-,48+,49-,50+,51+,52+/m1/s1. The zero-order chi connectivity index (χ0) is 69.3. The van der Waals surface area contributed by atoms with Crippen LogP contribution >= 0.6 is 0 Å². The predicted octanol–water partition coefficient (Wildman–Crippen LogP) is -16.7. The largest absolute Gasteiger partial charge is 0.394 e. The summed E-state index contributed by atoms with van der Waals surface area (Å²) in [7, 11) is 0. The third-order valence-corrected chi connectivity index (χ3v) is 16.7. The van der Waals surface area contributed by atoms with Crippen LogP contribution in [-0.2, 0) is 85.5 Å². The minimum atomic E-state index is -2.28. The van der Waals surface area contributed by atoms with E-state index in [1.54, 1.807) is 0 Å². The average Bonchev–Trinajstić information content (AvgIpc) is 0.788. The van der Waals surface area contributed by atoms with E-state index < -0.39 is 298 Å². The molecule has 0 aromatic heterocycles. The molecule has 0 bridgehead atoms. The highest BCUT2D eigenvalue weighted by Crippen LogP contribution is 2.38. The number of aliphatic hydroxyl groups is 20. The van der Waals surface area contributed by atoms with Gasteiger partial charge in [-0.3, -0.25) is 19.2 Å². The van der Waals surface area contributed by atoms with Crippen molar-refractivity contribution in [2.24, 2.45) is 0 Å². The summed E-state index contributed by atoms with van der Waals surface area (Å²) in [4.78, 5) is 48.9. The summed E-state index contributed by atoms with van der Waals surface area (Å²) in [5.41, 5.74) is 0. The summed E-state index contributed by atoms with van der Waals surface area (Å²) in [6.45, 7) is -5.07. The molecule has 7 saturated heterocycles. The van der Waals surface area contributed by atoms with Crippen LogP contribution in [0.5, 0.6) is 0 Å². The number of aliphatic hydroxyl groups excluding tert-OH is 20. The number of nitrogens with one attached hydrogen (secondary N) is 4. The number of hydrogen-bond acceptors (Lipinski definition) is 38. The van der Waals surface area contributed by atoms with E-state index in [1.807, 2.05) is 0 Å². The first-order valence-corrected chi connectivity index (χ1v) is 29.8. The number of ether oxygens (including phenoxy) is 14. The van der Waals surface area contributed by atoms with Gasteiger partial charge in [-0.1, -0.05) is 0 Å². The second-order valence-electron chi connectivity index (χ2n) is 23.3. The Kier molecular flexibility index (Phi) is 29.0. The summed E-state index contributed by atoms with van der Waals surface area (Å²) in [6, 6.07) is -6.23. The van der Waals surface area contributed by atoms with Crippen LogP contribution in [-0.4, -0.2) is 407 Å². The molecule has 7 heterocycles. The van der Waals surface area contributed by atoms with Crippen LogP contribution in [0, 0.1) is 0 Å². The molecule has 0 aromatic rings. The van der Waals surface area contributed by atoms with Gasteiger partial charge in [0.15, 0.2) is 44.0 Å². The third kappa shape index (κ3) is 17.7. The van der Waals surface area contributed by atoms with Gasteiger partial charge in [0, 0.05) is 20.8 Å². The van der Waals surface area contributed by atoms with Gasteiger partial charge >= 0.3 is 0 Å². The van der Waals surface area contributed by atoms with Crippen molar-refractivity contribution in [3.8, 4) is 0 Å². The molecule has 7 fully saturated rings. The first kappa shape index (κ1) is 77.9. The summed E-state index contributed by atoms with van der Waals surface area (Å²) in [6.07, 6.45) is -62.3. The number of rotatable bonds is 28. The van der Waals surface area contributed by atoms with Crippen LogP contribution < -0.4 is 21.3 Å². The molecule has 36 atom stereocenters. The molecule has 0 aliphatic carbocycles. The fourth-order valence-corrected chi connectivity index (χ4v) is 11.7. The summed E-state index contributed by atoms with van der Waals surface area (Å²) in [5.74, 6) is -2.56. The Morgan fingerprint density at radius 3 is 1.14 bits per heavy atom. The van der Waals surface area contributed by atoms with Gasteiger partial charge in [0.1, 0.15) is 171 Å². The number of carbonyl (C=O) groups is 4. The van der Waals surface area contributed by atoms with E-state index in [2.05, 4.69) is 21.3 Å². The molecule has 4 amide bonds. The Bertz CT molecular complexity index is 2370. The molecule has 0 unspecified atom stereocenters. The van der Waals surface area contributed by atoms with Crippen LogP contribution in [0.25, 0.3) is 0 Å². The molecule has 94 heavy (non-hydrogen) atoms. The lowest BCUT2D eigenvalue weighted by atomic mass is 9.94. The first-order chi connectivity index (χ1) is 44.6. The lowest BCUT2D eigenvalue weighted by Crippen LogP contribution is -2.70. The molecule has 0 radical (unpaired) electrons. The van der Waals surface area contributed by atoms with Gasteiger partial charge in [0.05, 0.1) is 65.5 Å². The summed E-state index contributed by atoms with van der Waals surface area (Å²) >= 11 is 0. The van der Waals surface area contributed by atoms with E-state index in [9.17, 15) is 121 Å². The van der Waals surface area contributed by atoms with Gasteiger partial charge in [0.25, 0.3) is 0 Å². The third-order valence-electron chi connectivity index (χ3n) is 16.7. The van der Waals surface area contributed by atoms with E-state index in [0.29, 0.717) is 0 Å². The van der Waals surface area contributed by atoms with E-state index in [-0.39, 0.29) is 6.41 Å². The molecular weight excluding hydrogens is 1290 g/mol. The average molecular weight is 1380 g/mol. The Morgan fingerprint density at radius 2 is 0.691 bits per heavy atom. The van der Waals surface area contributed by atoms with Crippen molar-refractivity contribution in [1.29, 1.82) is 0 Å². The van der Waals surface area contributed by atoms with Crippen molar-refractivity contribution in [1.82, 2.24) is 21.3 Å². The van der Waals surface area contributed by atoms with E-state index in [0.717, 1.165) is 20.8 Å². The maximum atomic E-state index is 12.9. The summed E-state index contributed by atoms with van der Waals surface area (Å²) in [5, 5.41) is 228. The van der Waals surface area contributed by atoms with Gasteiger partial charge in [-0.25, -0.2) is 0 Å². The van der Waals surface area contributed by atoms with Crippen molar-refractivity contribution in [2.75, 3.05) is 59.5 Å². The van der Waals surface area contributed by atoms with Crippen molar-refractivity contribution >= 4 is 24.1 Å². The molecule has 7 aliphatic heterocycles. The normalized spacial score (nSPS) is 46.4. The molecular formula is C52H88N4O38. The van der Waals surface area contributed by atoms with Gasteiger partial charge in [-0.05, 0) is 0 Å². The molecule has 42 nitrogen and oxygen atoms in total. The quantitative estimate of drug-likeness (QED) is 0.0324. The zero-order valence-corrected chi connectivity index (χ0v) is 50.5. The number of carbonyl (C=O) groups excluding carboxylic acids is 4. The fraction of sp³-hybridized carbons (Fsp3) is 0.923. The zero-order valence-electron chi connectivity index (χ0n) is 50.5. The van der Waals surface area contributed by atoms with Crippen LogP contribution in [0.1, 0.15) is 20.8 Å². The van der Waals surface area contributed by atoms with Crippen molar-refractivity contribution in [2.45, 2.75) is 242 Å². The van der Waals surface area contributed by atoms with Gasteiger partial charge < -0.3 is 190 Å². The van der Waals surface area contributed by atoms with Crippen molar-refractivity contribution < 1.29 is 188 Å². The number of amides is 4. The minimum absolute atomic E-state index is 0.264. The van der Waals surface area contributed by atoms with E-state index in [1.165, 1.54) is 0 Å². The highest BCUT2D eigenvalue weighted by Gasteiger charge is 2.59. The van der Waals surface area contributed by atoms with Gasteiger partial charge in [-0.2, -0.15) is 0 Å². The Labute approximate surface area is 533 Å². The van der Waals surface area contributed by atoms with Crippen LogP contribution in [0.15, 0.2) is 0 Å². The minimum Gasteiger partial charge on any atom is -0.394 e. The molecule has 7 aliphatic rings. The number of hydrogen-bond donors (Lipinski definition) is 24. The smallest absolute Gasteiger partial charge is 0.217 e. The SMILES string of the molecule is CC(=O)N[C@H]1[C@@H](O[C@H]2[C@@H](O)[C@@H](CO)O[C@@H](O[C@H]3[C@H](O)[C@@H](CO)O[C@@H](OC[C@H]4O[C@@H](O[C@H]5[C@H](O)[C@@H](CO)O[C@@H](O[C@H]6[C@@H](O)[C@@H](CO)O[C@@H](O[C@H]7[C@H](O)[C@@H](O)[C@H](OC[C@@H](CO)NC=O)O[C@@H]7CO)[C@@H]6O)[C@@H]5NC(C)=O)[C@H](O)[C@@H](O)[C@H]4O)[C@@H]3NC(C)=O)[C@@H]2O)O[C@H](CO)[C@H](O)[C@@H]1O. The van der Waals surface area contributed by atoms with E-state index in [4.69, 9.17) is 66.3 Å². The summed E-state index contributed by atoms with van der Waals surface area (Å²) < 4.78 is 81.2.